The number of aryl methyl sites for hydroxylation is 2. The fraction of sp³-hybridized carbons (Fsp3) is 0.579. The summed E-state index contributed by atoms with van der Waals surface area (Å²) < 4.78 is 5.34. The zero-order valence-corrected chi connectivity index (χ0v) is 16.1. The number of nitrogens with zero attached hydrogens (tertiary/aromatic N) is 2. The van der Waals surface area contributed by atoms with Crippen LogP contribution in [0.1, 0.15) is 17.5 Å². The molecule has 0 aliphatic carbocycles. The van der Waals surface area contributed by atoms with Crippen LogP contribution in [0, 0.1) is 19.8 Å². The van der Waals surface area contributed by atoms with Crippen molar-refractivity contribution in [2.75, 3.05) is 51.3 Å². The van der Waals surface area contributed by atoms with Crippen LogP contribution in [0.3, 0.4) is 0 Å². The first-order valence-electron chi connectivity index (χ1n) is 9.09. The Balaban J connectivity index is 1.55. The number of ether oxygens (including phenoxy) is 1. The summed E-state index contributed by atoms with van der Waals surface area (Å²) in [5.41, 5.74) is 2.62. The van der Waals surface area contributed by atoms with Crippen LogP contribution in [-0.4, -0.2) is 67.6 Å². The maximum atomic E-state index is 12.6. The van der Waals surface area contributed by atoms with Crippen LogP contribution in [0.2, 0.25) is 5.02 Å². The lowest BCUT2D eigenvalue weighted by Crippen LogP contribution is -2.42. The molecule has 2 amide bonds. The van der Waals surface area contributed by atoms with E-state index in [-0.39, 0.29) is 24.2 Å². The van der Waals surface area contributed by atoms with Gasteiger partial charge in [0.05, 0.1) is 29.8 Å². The summed E-state index contributed by atoms with van der Waals surface area (Å²) in [4.78, 5) is 29.0. The first-order valence-corrected chi connectivity index (χ1v) is 9.47. The third-order valence-electron chi connectivity index (χ3n) is 5.06. The predicted molar refractivity (Wildman–Crippen MR) is 102 cm³/mol. The molecule has 26 heavy (non-hydrogen) atoms. The standard InChI is InChI=1S/C19H26ClN3O3/c1-13-9-14(2)18(16(20)10-13)21-19(25)15-11-17(24)23(12-15)4-3-22-5-7-26-8-6-22/h9-10,15H,3-8,11-12H2,1-2H3,(H,21,25). The van der Waals surface area contributed by atoms with Gasteiger partial charge < -0.3 is 15.0 Å². The summed E-state index contributed by atoms with van der Waals surface area (Å²) in [6.07, 6.45) is 0.261. The third kappa shape index (κ3) is 4.55. The van der Waals surface area contributed by atoms with E-state index < -0.39 is 0 Å². The first-order chi connectivity index (χ1) is 12.4. The van der Waals surface area contributed by atoms with Crippen molar-refractivity contribution in [2.45, 2.75) is 20.3 Å². The zero-order chi connectivity index (χ0) is 18.7. The zero-order valence-electron chi connectivity index (χ0n) is 15.4. The molecule has 2 fully saturated rings. The molecule has 2 saturated heterocycles. The number of anilines is 1. The molecule has 0 aromatic heterocycles. The van der Waals surface area contributed by atoms with Crippen LogP contribution in [0.5, 0.6) is 0 Å². The van der Waals surface area contributed by atoms with Crippen molar-refractivity contribution in [3.05, 3.63) is 28.3 Å². The van der Waals surface area contributed by atoms with Crippen molar-refractivity contribution < 1.29 is 14.3 Å². The van der Waals surface area contributed by atoms with E-state index in [0.29, 0.717) is 23.8 Å². The molecule has 0 bridgehead atoms. The number of likely N-dealkylation sites (tertiary alicyclic amines) is 1. The molecule has 1 aromatic rings. The van der Waals surface area contributed by atoms with Crippen molar-refractivity contribution in [1.29, 1.82) is 0 Å². The fourth-order valence-corrected chi connectivity index (χ4v) is 3.92. The van der Waals surface area contributed by atoms with Gasteiger partial charge in [-0.25, -0.2) is 0 Å². The number of hydrogen-bond acceptors (Lipinski definition) is 4. The molecule has 2 aliphatic heterocycles. The molecular formula is C19H26ClN3O3. The van der Waals surface area contributed by atoms with Crippen LogP contribution >= 0.6 is 11.6 Å². The molecule has 1 N–H and O–H groups in total. The van der Waals surface area contributed by atoms with E-state index in [9.17, 15) is 9.59 Å². The number of carbonyl (C=O) groups is 2. The predicted octanol–water partition coefficient (Wildman–Crippen LogP) is 2.08. The van der Waals surface area contributed by atoms with Crippen molar-refractivity contribution in [1.82, 2.24) is 9.80 Å². The molecule has 3 rings (SSSR count). The Kier molecular flexibility index (Phi) is 6.16. The van der Waals surface area contributed by atoms with Crippen LogP contribution in [0.25, 0.3) is 0 Å². The van der Waals surface area contributed by atoms with Crippen LogP contribution in [-0.2, 0) is 14.3 Å². The Morgan fingerprint density at radius 1 is 1.27 bits per heavy atom. The van der Waals surface area contributed by atoms with Crippen LogP contribution in [0.4, 0.5) is 5.69 Å². The first kappa shape index (κ1) is 19.1. The van der Waals surface area contributed by atoms with Gasteiger partial charge in [-0.1, -0.05) is 17.7 Å². The van der Waals surface area contributed by atoms with Crippen molar-refractivity contribution >= 4 is 29.1 Å². The monoisotopic (exact) mass is 379 g/mol. The number of benzene rings is 1. The summed E-state index contributed by atoms with van der Waals surface area (Å²) in [5, 5.41) is 3.45. The number of rotatable bonds is 5. The highest BCUT2D eigenvalue weighted by atomic mass is 35.5. The lowest BCUT2D eigenvalue weighted by molar-refractivity contribution is -0.128. The van der Waals surface area contributed by atoms with E-state index in [0.717, 1.165) is 44.0 Å². The molecular weight excluding hydrogens is 354 g/mol. The van der Waals surface area contributed by atoms with Gasteiger partial charge in [-0.15, -0.1) is 0 Å². The fourth-order valence-electron chi connectivity index (χ4n) is 3.55. The number of morpholine rings is 1. The molecule has 1 aromatic carbocycles. The Morgan fingerprint density at radius 2 is 2.00 bits per heavy atom. The smallest absolute Gasteiger partial charge is 0.229 e. The largest absolute Gasteiger partial charge is 0.379 e. The number of amides is 2. The summed E-state index contributed by atoms with van der Waals surface area (Å²) in [6, 6.07) is 3.81. The van der Waals surface area contributed by atoms with E-state index in [2.05, 4.69) is 10.2 Å². The average Bonchev–Trinajstić information content (AvgIpc) is 2.98. The molecule has 1 atom stereocenters. The lowest BCUT2D eigenvalue weighted by Gasteiger charge is -2.28. The van der Waals surface area contributed by atoms with Crippen LogP contribution < -0.4 is 5.32 Å². The highest BCUT2D eigenvalue weighted by Gasteiger charge is 2.34. The highest BCUT2D eigenvalue weighted by molar-refractivity contribution is 6.34. The molecule has 0 saturated carbocycles. The maximum Gasteiger partial charge on any atom is 0.229 e. The van der Waals surface area contributed by atoms with Gasteiger partial charge in [-0.3, -0.25) is 14.5 Å². The Morgan fingerprint density at radius 3 is 2.69 bits per heavy atom. The van der Waals surface area contributed by atoms with Gasteiger partial charge in [0.2, 0.25) is 11.8 Å². The third-order valence-corrected chi connectivity index (χ3v) is 5.35. The highest BCUT2D eigenvalue weighted by Crippen LogP contribution is 2.29. The second-order valence-corrected chi connectivity index (χ2v) is 7.53. The molecule has 2 heterocycles. The topological polar surface area (TPSA) is 61.9 Å². The number of halogens is 1. The quantitative estimate of drug-likeness (QED) is 0.850. The normalized spacial score (nSPS) is 21.3. The van der Waals surface area contributed by atoms with Gasteiger partial charge in [0, 0.05) is 39.1 Å². The molecule has 142 valence electrons. The molecule has 7 heteroatoms. The summed E-state index contributed by atoms with van der Waals surface area (Å²) in [5.74, 6) is -0.421. The van der Waals surface area contributed by atoms with Gasteiger partial charge in [-0.2, -0.15) is 0 Å². The maximum absolute atomic E-state index is 12.6. The lowest BCUT2D eigenvalue weighted by atomic mass is 10.1. The van der Waals surface area contributed by atoms with E-state index >= 15 is 0 Å². The Bertz CT molecular complexity index is 666. The van der Waals surface area contributed by atoms with Gasteiger partial charge in [-0.05, 0) is 31.0 Å². The van der Waals surface area contributed by atoms with E-state index in [1.54, 1.807) is 4.90 Å². The van der Waals surface area contributed by atoms with Crippen molar-refractivity contribution in [3.8, 4) is 0 Å². The molecule has 6 nitrogen and oxygen atoms in total. The second-order valence-electron chi connectivity index (χ2n) is 7.12. The van der Waals surface area contributed by atoms with E-state index in [4.69, 9.17) is 16.3 Å². The molecule has 0 spiro atoms. The second kappa shape index (κ2) is 8.37. The minimum absolute atomic E-state index is 0.0464. The molecule has 0 radical (unpaired) electrons. The SMILES string of the molecule is Cc1cc(C)c(NC(=O)C2CC(=O)N(CCN3CCOCC3)C2)c(Cl)c1. The minimum Gasteiger partial charge on any atom is -0.379 e. The Labute approximate surface area is 159 Å². The van der Waals surface area contributed by atoms with E-state index in [1.807, 2.05) is 26.0 Å². The van der Waals surface area contributed by atoms with Crippen molar-refractivity contribution in [2.24, 2.45) is 5.92 Å². The van der Waals surface area contributed by atoms with Gasteiger partial charge in [0.15, 0.2) is 0 Å². The minimum atomic E-state index is -0.330. The average molecular weight is 380 g/mol. The van der Waals surface area contributed by atoms with Gasteiger partial charge in [0.1, 0.15) is 0 Å². The summed E-state index contributed by atoms with van der Waals surface area (Å²) in [6.45, 7) is 9.13. The molecule has 1 unspecified atom stereocenters. The summed E-state index contributed by atoms with van der Waals surface area (Å²) in [7, 11) is 0. The number of carbonyl (C=O) groups excluding carboxylic acids is 2. The van der Waals surface area contributed by atoms with Gasteiger partial charge >= 0.3 is 0 Å². The Hall–Kier alpha value is -1.63. The van der Waals surface area contributed by atoms with Gasteiger partial charge in [0.25, 0.3) is 0 Å². The number of hydrogen-bond donors (Lipinski definition) is 1. The van der Waals surface area contributed by atoms with Crippen molar-refractivity contribution in [3.63, 3.8) is 0 Å². The molecule has 2 aliphatic rings. The summed E-state index contributed by atoms with van der Waals surface area (Å²) >= 11 is 6.27. The van der Waals surface area contributed by atoms with E-state index in [1.165, 1.54) is 0 Å². The number of nitrogens with one attached hydrogen (secondary N) is 1. The van der Waals surface area contributed by atoms with Crippen LogP contribution in [0.15, 0.2) is 12.1 Å².